The highest BCUT2D eigenvalue weighted by atomic mass is 16.3. The molecular formula is C29H48O2. The Labute approximate surface area is 191 Å². The number of hydrogen-bond donors (Lipinski definition) is 1. The molecule has 1 N–H and O–H groups in total. The SMILES string of the molecule is CC[C@@](O)(CC[C@@H](C)[C@H]1CC[C@H]2[C@@H]3CCC4=CC(=O)CC[C@]4(C)[C@H]3CC[C@]12C)C(C)C. The second-order valence-corrected chi connectivity index (χ2v) is 12.8. The molecule has 0 aromatic carbocycles. The molecule has 0 saturated heterocycles. The summed E-state index contributed by atoms with van der Waals surface area (Å²) in [5.41, 5.74) is 1.76. The van der Waals surface area contributed by atoms with E-state index >= 15 is 0 Å². The Morgan fingerprint density at radius 2 is 1.81 bits per heavy atom. The molecule has 2 heteroatoms. The van der Waals surface area contributed by atoms with Gasteiger partial charge in [-0.3, -0.25) is 4.79 Å². The molecule has 4 aliphatic carbocycles. The van der Waals surface area contributed by atoms with Crippen LogP contribution in [-0.4, -0.2) is 16.5 Å². The molecule has 3 saturated carbocycles. The number of allylic oxidation sites excluding steroid dienone is 1. The first-order chi connectivity index (χ1) is 14.5. The van der Waals surface area contributed by atoms with Gasteiger partial charge < -0.3 is 5.11 Å². The molecule has 0 spiro atoms. The fourth-order valence-electron chi connectivity index (χ4n) is 9.09. The number of carbonyl (C=O) groups is 1. The van der Waals surface area contributed by atoms with E-state index in [1.165, 1.54) is 37.7 Å². The number of ketones is 1. The van der Waals surface area contributed by atoms with Gasteiger partial charge in [-0.15, -0.1) is 0 Å². The average molecular weight is 429 g/mol. The van der Waals surface area contributed by atoms with Crippen LogP contribution >= 0.6 is 0 Å². The lowest BCUT2D eigenvalue weighted by Crippen LogP contribution is -2.51. The molecule has 0 unspecified atom stereocenters. The summed E-state index contributed by atoms with van der Waals surface area (Å²) in [5, 5.41) is 11.1. The zero-order chi connectivity index (χ0) is 22.6. The molecule has 0 aromatic heterocycles. The molecule has 3 fully saturated rings. The molecule has 8 atom stereocenters. The van der Waals surface area contributed by atoms with Crippen molar-refractivity contribution < 1.29 is 9.90 Å². The van der Waals surface area contributed by atoms with Crippen LogP contribution in [0.25, 0.3) is 0 Å². The quantitative estimate of drug-likeness (QED) is 0.480. The predicted octanol–water partition coefficient (Wildman–Crippen LogP) is 7.35. The van der Waals surface area contributed by atoms with E-state index in [9.17, 15) is 9.90 Å². The van der Waals surface area contributed by atoms with Crippen molar-refractivity contribution in [2.45, 2.75) is 118 Å². The van der Waals surface area contributed by atoms with Crippen LogP contribution < -0.4 is 0 Å². The summed E-state index contributed by atoms with van der Waals surface area (Å²) in [6, 6.07) is 0. The van der Waals surface area contributed by atoms with Crippen LogP contribution in [0.2, 0.25) is 0 Å². The van der Waals surface area contributed by atoms with Crippen LogP contribution in [0.4, 0.5) is 0 Å². The van der Waals surface area contributed by atoms with Crippen LogP contribution in [0.1, 0.15) is 112 Å². The van der Waals surface area contributed by atoms with Gasteiger partial charge in [0.15, 0.2) is 5.78 Å². The third kappa shape index (κ3) is 3.77. The smallest absolute Gasteiger partial charge is 0.155 e. The van der Waals surface area contributed by atoms with Crippen LogP contribution in [0, 0.1) is 46.3 Å². The highest BCUT2D eigenvalue weighted by Gasteiger charge is 2.59. The third-order valence-corrected chi connectivity index (χ3v) is 11.4. The van der Waals surface area contributed by atoms with E-state index < -0.39 is 5.60 Å². The number of hydrogen-bond acceptors (Lipinski definition) is 2. The lowest BCUT2D eigenvalue weighted by molar-refractivity contribution is -0.117. The molecule has 31 heavy (non-hydrogen) atoms. The molecule has 0 aliphatic heterocycles. The lowest BCUT2D eigenvalue weighted by atomic mass is 9.46. The maximum absolute atomic E-state index is 12.1. The van der Waals surface area contributed by atoms with E-state index in [-0.39, 0.29) is 5.41 Å². The molecule has 0 radical (unpaired) electrons. The zero-order valence-corrected chi connectivity index (χ0v) is 21.2. The minimum atomic E-state index is -0.496. The molecule has 0 aromatic rings. The lowest BCUT2D eigenvalue weighted by Gasteiger charge is -2.58. The minimum absolute atomic E-state index is 0.288. The Morgan fingerprint density at radius 3 is 2.48 bits per heavy atom. The highest BCUT2D eigenvalue weighted by molar-refractivity contribution is 5.91. The second-order valence-electron chi connectivity index (χ2n) is 12.8. The standard InChI is InChI=1S/C29H48O2/c1-7-29(31,19(2)3)17-12-20(4)24-10-11-25-23-9-8-21-18-22(30)13-15-27(21,5)26(23)14-16-28(24,25)6/h18-20,23-26,31H,7-17H2,1-6H3/t20-,23+,24-,25+,26+,27+,28-,29-/m1/s1. The van der Waals surface area contributed by atoms with Gasteiger partial charge in [0.05, 0.1) is 5.60 Å². The van der Waals surface area contributed by atoms with Gasteiger partial charge in [0.2, 0.25) is 0 Å². The van der Waals surface area contributed by atoms with E-state index in [1.54, 1.807) is 0 Å². The summed E-state index contributed by atoms with van der Waals surface area (Å²) in [6.07, 6.45) is 14.9. The Hall–Kier alpha value is -0.630. The van der Waals surface area contributed by atoms with Crippen molar-refractivity contribution in [3.63, 3.8) is 0 Å². The Bertz CT molecular complexity index is 722. The Kier molecular flexibility index (Phi) is 6.30. The van der Waals surface area contributed by atoms with E-state index in [0.29, 0.717) is 23.0 Å². The normalized spacial score (nSPS) is 43.0. The van der Waals surface area contributed by atoms with Gasteiger partial charge in [-0.25, -0.2) is 0 Å². The summed E-state index contributed by atoms with van der Waals surface area (Å²) in [5.74, 6) is 4.72. The molecule has 0 amide bonds. The topological polar surface area (TPSA) is 37.3 Å². The largest absolute Gasteiger partial charge is 0.390 e. The molecule has 4 aliphatic rings. The first-order valence-corrected chi connectivity index (χ1v) is 13.5. The van der Waals surface area contributed by atoms with Gasteiger partial charge in [-0.05, 0) is 117 Å². The van der Waals surface area contributed by atoms with Gasteiger partial charge in [-0.2, -0.15) is 0 Å². The van der Waals surface area contributed by atoms with Gasteiger partial charge in [0.1, 0.15) is 0 Å². The van der Waals surface area contributed by atoms with Crippen LogP contribution in [-0.2, 0) is 4.79 Å². The number of fused-ring (bicyclic) bond motifs is 5. The molecule has 176 valence electrons. The molecule has 2 nitrogen and oxygen atoms in total. The van der Waals surface area contributed by atoms with Crippen molar-refractivity contribution in [2.24, 2.45) is 46.3 Å². The first-order valence-electron chi connectivity index (χ1n) is 13.5. The molecule has 4 rings (SSSR count). The summed E-state index contributed by atoms with van der Waals surface area (Å²) < 4.78 is 0. The van der Waals surface area contributed by atoms with Crippen molar-refractivity contribution >= 4 is 5.78 Å². The highest BCUT2D eigenvalue weighted by Crippen LogP contribution is 2.67. The van der Waals surface area contributed by atoms with Crippen molar-refractivity contribution in [1.82, 2.24) is 0 Å². The van der Waals surface area contributed by atoms with Gasteiger partial charge >= 0.3 is 0 Å². The van der Waals surface area contributed by atoms with Crippen molar-refractivity contribution in [3.8, 4) is 0 Å². The van der Waals surface area contributed by atoms with E-state index in [4.69, 9.17) is 0 Å². The summed E-state index contributed by atoms with van der Waals surface area (Å²) in [6.45, 7) is 14.1. The summed E-state index contributed by atoms with van der Waals surface area (Å²) >= 11 is 0. The number of rotatable bonds is 6. The van der Waals surface area contributed by atoms with Crippen molar-refractivity contribution in [3.05, 3.63) is 11.6 Å². The van der Waals surface area contributed by atoms with E-state index in [1.807, 2.05) is 6.08 Å². The number of aliphatic hydroxyl groups is 1. The van der Waals surface area contributed by atoms with Crippen molar-refractivity contribution in [1.29, 1.82) is 0 Å². The second kappa shape index (κ2) is 8.30. The van der Waals surface area contributed by atoms with E-state index in [2.05, 4.69) is 41.5 Å². The number of carbonyl (C=O) groups excluding carboxylic acids is 1. The maximum Gasteiger partial charge on any atom is 0.155 e. The van der Waals surface area contributed by atoms with Gasteiger partial charge in [-0.1, -0.05) is 47.1 Å². The monoisotopic (exact) mass is 428 g/mol. The van der Waals surface area contributed by atoms with Crippen molar-refractivity contribution in [2.75, 3.05) is 0 Å². The Morgan fingerprint density at radius 1 is 1.06 bits per heavy atom. The van der Waals surface area contributed by atoms with E-state index in [0.717, 1.165) is 62.2 Å². The summed E-state index contributed by atoms with van der Waals surface area (Å²) in [4.78, 5) is 12.1. The van der Waals surface area contributed by atoms with Crippen LogP contribution in [0.3, 0.4) is 0 Å². The molecular weight excluding hydrogens is 380 g/mol. The minimum Gasteiger partial charge on any atom is -0.390 e. The zero-order valence-electron chi connectivity index (χ0n) is 21.2. The van der Waals surface area contributed by atoms with Gasteiger partial charge in [0.25, 0.3) is 0 Å². The predicted molar refractivity (Wildman–Crippen MR) is 129 cm³/mol. The van der Waals surface area contributed by atoms with Crippen LogP contribution in [0.5, 0.6) is 0 Å². The third-order valence-electron chi connectivity index (χ3n) is 11.4. The Balaban J connectivity index is 1.48. The fourth-order valence-corrected chi connectivity index (χ4v) is 9.09. The average Bonchev–Trinajstić information content (AvgIpc) is 3.09. The van der Waals surface area contributed by atoms with Crippen LogP contribution in [0.15, 0.2) is 11.6 Å². The molecule has 0 bridgehead atoms. The maximum atomic E-state index is 12.1. The molecule has 0 heterocycles. The summed E-state index contributed by atoms with van der Waals surface area (Å²) in [7, 11) is 0. The van der Waals surface area contributed by atoms with Gasteiger partial charge in [0, 0.05) is 6.42 Å². The fraction of sp³-hybridized carbons (Fsp3) is 0.897. The first kappa shape index (κ1) is 23.5.